The van der Waals surface area contributed by atoms with E-state index in [0.717, 1.165) is 16.7 Å². The van der Waals surface area contributed by atoms with Crippen molar-refractivity contribution in [1.82, 2.24) is 10.3 Å². The number of amides is 1. The average Bonchev–Trinajstić information content (AvgIpc) is 2.47. The van der Waals surface area contributed by atoms with Crippen molar-refractivity contribution in [3.8, 4) is 0 Å². The number of rotatable bonds is 5. The minimum Gasteiger partial charge on any atom is -0.352 e. The highest BCUT2D eigenvalue weighted by molar-refractivity contribution is 5.76. The molecule has 0 saturated heterocycles. The molecule has 0 fully saturated rings. The average molecular weight is 269 g/mol. The number of aryl methyl sites for hydroxylation is 1. The Bertz CT molecular complexity index is 569. The minimum atomic E-state index is -0.272. The van der Waals surface area contributed by atoms with E-state index in [0.29, 0.717) is 6.54 Å². The Balaban J connectivity index is 1.86. The number of benzene rings is 1. The van der Waals surface area contributed by atoms with Crippen LogP contribution in [0.5, 0.6) is 0 Å². The van der Waals surface area contributed by atoms with Crippen LogP contribution in [-0.4, -0.2) is 10.9 Å². The highest BCUT2D eigenvalue weighted by Gasteiger charge is 2.11. The minimum absolute atomic E-state index is 0.0513. The van der Waals surface area contributed by atoms with Gasteiger partial charge in [0.25, 0.3) is 0 Å². The summed E-state index contributed by atoms with van der Waals surface area (Å²) in [5.74, 6) is -0.0513. The van der Waals surface area contributed by atoms with E-state index < -0.39 is 0 Å². The van der Waals surface area contributed by atoms with E-state index in [1.807, 2.05) is 43.3 Å². The molecule has 1 aromatic heterocycles. The molecule has 2 rings (SSSR count). The van der Waals surface area contributed by atoms with E-state index in [4.69, 9.17) is 5.73 Å². The van der Waals surface area contributed by atoms with Crippen LogP contribution in [0.2, 0.25) is 0 Å². The maximum absolute atomic E-state index is 11.9. The predicted octanol–water partition coefficient (Wildman–Crippen LogP) is 2.10. The first-order valence-corrected chi connectivity index (χ1v) is 6.63. The molecule has 4 nitrogen and oxygen atoms in total. The van der Waals surface area contributed by atoms with Crippen molar-refractivity contribution in [3.05, 3.63) is 65.5 Å². The summed E-state index contributed by atoms with van der Waals surface area (Å²) in [6.07, 6.45) is 3.79. The largest absolute Gasteiger partial charge is 0.352 e. The van der Waals surface area contributed by atoms with Crippen molar-refractivity contribution in [3.63, 3.8) is 0 Å². The van der Waals surface area contributed by atoms with Crippen LogP contribution in [0.1, 0.15) is 29.2 Å². The van der Waals surface area contributed by atoms with E-state index in [-0.39, 0.29) is 18.4 Å². The maximum atomic E-state index is 11.9. The molecule has 1 heterocycles. The summed E-state index contributed by atoms with van der Waals surface area (Å²) in [4.78, 5) is 16.0. The van der Waals surface area contributed by atoms with Crippen molar-refractivity contribution in [2.75, 3.05) is 0 Å². The van der Waals surface area contributed by atoms with Gasteiger partial charge in [-0.15, -0.1) is 0 Å². The molecule has 20 heavy (non-hydrogen) atoms. The molecular weight excluding hydrogens is 250 g/mol. The van der Waals surface area contributed by atoms with Crippen LogP contribution in [0, 0.1) is 6.92 Å². The van der Waals surface area contributed by atoms with Crippen LogP contribution in [0.4, 0.5) is 0 Å². The van der Waals surface area contributed by atoms with Gasteiger partial charge in [0.15, 0.2) is 0 Å². The number of nitrogens with one attached hydrogen (secondary N) is 1. The molecule has 1 atom stereocenters. The van der Waals surface area contributed by atoms with Gasteiger partial charge >= 0.3 is 0 Å². The second kappa shape index (κ2) is 6.82. The van der Waals surface area contributed by atoms with Crippen LogP contribution in [0.25, 0.3) is 0 Å². The van der Waals surface area contributed by atoms with Gasteiger partial charge in [0.2, 0.25) is 5.91 Å². The summed E-state index contributed by atoms with van der Waals surface area (Å²) < 4.78 is 0. The zero-order chi connectivity index (χ0) is 14.4. The first kappa shape index (κ1) is 14.2. The summed E-state index contributed by atoms with van der Waals surface area (Å²) in [5.41, 5.74) is 9.13. The van der Waals surface area contributed by atoms with Gasteiger partial charge in [0, 0.05) is 31.4 Å². The van der Waals surface area contributed by atoms with Crippen LogP contribution in [0.15, 0.2) is 48.8 Å². The Labute approximate surface area is 119 Å². The molecule has 0 aliphatic heterocycles. The van der Waals surface area contributed by atoms with Gasteiger partial charge in [-0.25, -0.2) is 0 Å². The molecule has 1 aromatic carbocycles. The SMILES string of the molecule is Cc1ccncc1CNC(=O)CC(N)c1ccccc1. The third-order valence-corrected chi connectivity index (χ3v) is 3.26. The van der Waals surface area contributed by atoms with Crippen molar-refractivity contribution in [1.29, 1.82) is 0 Å². The fourth-order valence-electron chi connectivity index (χ4n) is 1.97. The lowest BCUT2D eigenvalue weighted by molar-refractivity contribution is -0.121. The standard InChI is InChI=1S/C16H19N3O/c1-12-7-8-18-10-14(12)11-19-16(20)9-15(17)13-5-3-2-4-6-13/h2-8,10,15H,9,11,17H2,1H3,(H,19,20). The number of hydrogen-bond donors (Lipinski definition) is 2. The normalized spacial score (nSPS) is 11.9. The highest BCUT2D eigenvalue weighted by atomic mass is 16.1. The Hall–Kier alpha value is -2.20. The first-order chi connectivity index (χ1) is 9.66. The number of nitrogens with two attached hydrogens (primary N) is 1. The lowest BCUT2D eigenvalue weighted by atomic mass is 10.0. The fourth-order valence-corrected chi connectivity index (χ4v) is 1.97. The number of pyridine rings is 1. The smallest absolute Gasteiger partial charge is 0.222 e. The van der Waals surface area contributed by atoms with Gasteiger partial charge in [0.1, 0.15) is 0 Å². The topological polar surface area (TPSA) is 68.0 Å². The van der Waals surface area contributed by atoms with E-state index >= 15 is 0 Å². The Morgan fingerprint density at radius 3 is 2.75 bits per heavy atom. The number of carbonyl (C=O) groups is 1. The van der Waals surface area contributed by atoms with Gasteiger partial charge < -0.3 is 11.1 Å². The van der Waals surface area contributed by atoms with Crippen molar-refractivity contribution < 1.29 is 4.79 Å². The summed E-state index contributed by atoms with van der Waals surface area (Å²) in [6, 6.07) is 11.3. The molecule has 2 aromatic rings. The maximum Gasteiger partial charge on any atom is 0.222 e. The second-order valence-corrected chi connectivity index (χ2v) is 4.80. The van der Waals surface area contributed by atoms with Gasteiger partial charge in [-0.05, 0) is 29.7 Å². The first-order valence-electron chi connectivity index (χ1n) is 6.63. The van der Waals surface area contributed by atoms with Crippen molar-refractivity contribution >= 4 is 5.91 Å². The second-order valence-electron chi connectivity index (χ2n) is 4.80. The van der Waals surface area contributed by atoms with Gasteiger partial charge in [-0.2, -0.15) is 0 Å². The zero-order valence-corrected chi connectivity index (χ0v) is 11.5. The number of carbonyl (C=O) groups excluding carboxylic acids is 1. The number of aromatic nitrogens is 1. The van der Waals surface area contributed by atoms with Crippen LogP contribution in [0.3, 0.4) is 0 Å². The summed E-state index contributed by atoms with van der Waals surface area (Å²) in [7, 11) is 0. The lowest BCUT2D eigenvalue weighted by Gasteiger charge is -2.12. The fraction of sp³-hybridized carbons (Fsp3) is 0.250. The third-order valence-electron chi connectivity index (χ3n) is 3.26. The molecule has 1 unspecified atom stereocenters. The van der Waals surface area contributed by atoms with Crippen molar-refractivity contribution in [2.24, 2.45) is 5.73 Å². The molecule has 3 N–H and O–H groups in total. The van der Waals surface area contributed by atoms with Gasteiger partial charge in [-0.3, -0.25) is 9.78 Å². The van der Waals surface area contributed by atoms with E-state index in [1.165, 1.54) is 0 Å². The molecule has 0 saturated carbocycles. The number of nitrogens with zero attached hydrogens (tertiary/aromatic N) is 1. The van der Waals surface area contributed by atoms with E-state index in [9.17, 15) is 4.79 Å². The Morgan fingerprint density at radius 1 is 1.30 bits per heavy atom. The molecule has 0 radical (unpaired) electrons. The van der Waals surface area contributed by atoms with Gasteiger partial charge in [0.05, 0.1) is 0 Å². The molecule has 1 amide bonds. The number of hydrogen-bond acceptors (Lipinski definition) is 3. The summed E-state index contributed by atoms with van der Waals surface area (Å²) in [5, 5.41) is 2.88. The summed E-state index contributed by atoms with van der Waals surface area (Å²) >= 11 is 0. The molecule has 104 valence electrons. The quantitative estimate of drug-likeness (QED) is 0.873. The Kier molecular flexibility index (Phi) is 4.85. The van der Waals surface area contributed by atoms with Crippen LogP contribution in [-0.2, 0) is 11.3 Å². The monoisotopic (exact) mass is 269 g/mol. The molecular formula is C16H19N3O. The van der Waals surface area contributed by atoms with Gasteiger partial charge in [-0.1, -0.05) is 30.3 Å². The third kappa shape index (κ3) is 3.90. The Morgan fingerprint density at radius 2 is 2.05 bits per heavy atom. The van der Waals surface area contributed by atoms with Crippen LogP contribution < -0.4 is 11.1 Å². The molecule has 0 aliphatic carbocycles. The molecule has 0 spiro atoms. The lowest BCUT2D eigenvalue weighted by Crippen LogP contribution is -2.27. The molecule has 0 bridgehead atoms. The van der Waals surface area contributed by atoms with Crippen LogP contribution >= 0.6 is 0 Å². The summed E-state index contributed by atoms with van der Waals surface area (Å²) in [6.45, 7) is 2.49. The van der Waals surface area contributed by atoms with E-state index in [1.54, 1.807) is 12.4 Å². The molecule has 4 heteroatoms. The molecule has 0 aliphatic rings. The highest BCUT2D eigenvalue weighted by Crippen LogP contribution is 2.13. The van der Waals surface area contributed by atoms with E-state index in [2.05, 4.69) is 10.3 Å². The zero-order valence-electron chi connectivity index (χ0n) is 11.5. The predicted molar refractivity (Wildman–Crippen MR) is 78.8 cm³/mol. The van der Waals surface area contributed by atoms with Crippen molar-refractivity contribution in [2.45, 2.75) is 25.9 Å².